The van der Waals surface area contributed by atoms with Crippen molar-refractivity contribution >= 4 is 60.8 Å². The van der Waals surface area contributed by atoms with E-state index in [9.17, 15) is 34.8 Å². The molecule has 0 fully saturated rings. The second kappa shape index (κ2) is 16.8. The maximum Gasteiger partial charge on any atom is 0.312 e. The predicted octanol–water partition coefficient (Wildman–Crippen LogP) is 6.48. The second-order valence-corrected chi connectivity index (χ2v) is 16.0. The van der Waals surface area contributed by atoms with E-state index in [1.54, 1.807) is 52.8 Å². The van der Waals surface area contributed by atoms with Crippen molar-refractivity contribution in [3.63, 3.8) is 0 Å². The Balaban J connectivity index is 1.72. The predicted molar refractivity (Wildman–Crippen MR) is 214 cm³/mol. The molecule has 0 spiro atoms. The van der Waals surface area contributed by atoms with Gasteiger partial charge in [0, 0.05) is 67.7 Å². The number of hydrogen-bond donors (Lipinski definition) is 6. The molecule has 3 aromatic rings. The summed E-state index contributed by atoms with van der Waals surface area (Å²) in [5.74, 6) is -6.83. The summed E-state index contributed by atoms with van der Waals surface area (Å²) >= 11 is 1.16. The molecule has 1 aromatic heterocycles. The zero-order valence-corrected chi connectivity index (χ0v) is 34.2. The molecule has 0 saturated carbocycles. The van der Waals surface area contributed by atoms with E-state index in [0.717, 1.165) is 17.8 Å². The van der Waals surface area contributed by atoms with E-state index in [2.05, 4.69) is 10.6 Å². The Kier molecular flexibility index (Phi) is 12.7. The molecule has 0 radical (unpaired) electrons. The van der Waals surface area contributed by atoms with Crippen molar-refractivity contribution in [3.05, 3.63) is 47.3 Å². The van der Waals surface area contributed by atoms with Crippen LogP contribution in [-0.4, -0.2) is 86.9 Å². The number of aliphatic hydroxyl groups is 2. The number of carbonyl (C=O) groups excluding carboxylic acids is 3. The third-order valence-electron chi connectivity index (χ3n) is 10.9. The Morgan fingerprint density at radius 3 is 2.38 bits per heavy atom. The largest absolute Gasteiger partial charge is 0.507 e. The summed E-state index contributed by atoms with van der Waals surface area (Å²) in [5, 5.41) is 52.8. The fourth-order valence-corrected chi connectivity index (χ4v) is 8.43. The van der Waals surface area contributed by atoms with Gasteiger partial charge in [-0.05, 0) is 26.3 Å². The van der Waals surface area contributed by atoms with Crippen molar-refractivity contribution in [1.82, 2.24) is 4.98 Å². The van der Waals surface area contributed by atoms with Gasteiger partial charge in [0.25, 0.3) is 11.7 Å². The molecule has 9 atom stereocenters. The van der Waals surface area contributed by atoms with Gasteiger partial charge in [0.05, 0.1) is 45.7 Å². The van der Waals surface area contributed by atoms with Crippen LogP contribution < -0.4 is 15.4 Å². The summed E-state index contributed by atoms with van der Waals surface area (Å²) < 4.78 is 24.1. The van der Waals surface area contributed by atoms with Gasteiger partial charge in [-0.15, -0.1) is 0 Å². The summed E-state index contributed by atoms with van der Waals surface area (Å²) in [6, 6.07) is 0. The first-order valence-electron chi connectivity index (χ1n) is 18.8. The number of benzene rings is 2. The molecule has 2 aromatic carbocycles. The number of fused-ring (bicyclic) bond motifs is 1. The second-order valence-electron chi connectivity index (χ2n) is 15.0. The van der Waals surface area contributed by atoms with Gasteiger partial charge in [0.2, 0.25) is 0 Å². The smallest absolute Gasteiger partial charge is 0.312 e. The van der Waals surface area contributed by atoms with Gasteiger partial charge in [-0.2, -0.15) is 0 Å². The van der Waals surface area contributed by atoms with Crippen molar-refractivity contribution in [2.45, 2.75) is 98.9 Å². The topological polar surface area (TPSA) is 206 Å². The Bertz CT molecular complexity index is 2110. The third-order valence-corrected chi connectivity index (χ3v) is 11.9. The van der Waals surface area contributed by atoms with Gasteiger partial charge < -0.3 is 50.0 Å². The molecule has 6 N–H and O–H groups in total. The lowest BCUT2D eigenvalue weighted by atomic mass is 9.78. The minimum Gasteiger partial charge on any atom is -0.507 e. The highest BCUT2D eigenvalue weighted by Gasteiger charge is 2.49. The molecule has 2 aliphatic heterocycles. The van der Waals surface area contributed by atoms with Crippen LogP contribution in [0.15, 0.2) is 36.1 Å². The van der Waals surface area contributed by atoms with Crippen molar-refractivity contribution in [2.75, 3.05) is 24.3 Å². The number of allylic oxidation sites excluding steroid dienone is 2. The van der Waals surface area contributed by atoms with Crippen LogP contribution in [-0.2, 0) is 23.8 Å². The van der Waals surface area contributed by atoms with Gasteiger partial charge >= 0.3 is 11.8 Å². The van der Waals surface area contributed by atoms with Gasteiger partial charge in [-0.3, -0.25) is 14.4 Å². The van der Waals surface area contributed by atoms with Crippen LogP contribution in [0.1, 0.15) is 77.7 Å². The van der Waals surface area contributed by atoms with Crippen LogP contribution in [0, 0.1) is 30.6 Å². The molecule has 3 heterocycles. The molecule has 2 aliphatic rings. The summed E-state index contributed by atoms with van der Waals surface area (Å²) in [6.45, 7) is 15.4. The van der Waals surface area contributed by atoms with Crippen molar-refractivity contribution in [2.24, 2.45) is 23.7 Å². The van der Waals surface area contributed by atoms with Gasteiger partial charge in [0.15, 0.2) is 10.9 Å². The minimum atomic E-state index is -1.94. The fourth-order valence-electron chi connectivity index (χ4n) is 7.43. The molecule has 304 valence electrons. The number of anilines is 2. The third kappa shape index (κ3) is 7.82. The van der Waals surface area contributed by atoms with Gasteiger partial charge in [-0.1, -0.05) is 64.2 Å². The highest BCUT2D eigenvalue weighted by atomic mass is 32.1. The van der Waals surface area contributed by atoms with Gasteiger partial charge in [-0.25, -0.2) is 4.98 Å². The highest BCUT2D eigenvalue weighted by molar-refractivity contribution is 7.23. The Hall–Kier alpha value is -4.70. The van der Waals surface area contributed by atoms with E-state index in [0.29, 0.717) is 16.4 Å². The summed E-state index contributed by atoms with van der Waals surface area (Å²) in [4.78, 5) is 45.2. The van der Waals surface area contributed by atoms with E-state index >= 15 is 0 Å². The van der Waals surface area contributed by atoms with Crippen LogP contribution in [0.3, 0.4) is 0 Å². The number of Topliss-reactive ketones (excluding diaryl/α,β-unsaturated/α-hetero) is 1. The number of phenolic OH excluding ortho intramolecular Hbond substituents is 2. The lowest BCUT2D eigenvalue weighted by Crippen LogP contribution is -2.46. The number of phenols is 2. The number of rotatable bonds is 5. The minimum absolute atomic E-state index is 0.00111. The van der Waals surface area contributed by atoms with E-state index in [1.165, 1.54) is 40.2 Å². The average Bonchev–Trinajstić information content (AvgIpc) is 3.70. The number of nitrogens with zero attached hydrogens (tertiary/aromatic N) is 1. The number of aromatic hydroxyl groups is 2. The lowest BCUT2D eigenvalue weighted by molar-refractivity contribution is -0.160. The Morgan fingerprint density at radius 1 is 1.04 bits per heavy atom. The first-order valence-corrected chi connectivity index (χ1v) is 19.6. The molecule has 0 saturated heterocycles. The quantitative estimate of drug-likeness (QED) is 0.121. The summed E-state index contributed by atoms with van der Waals surface area (Å²) in [6.07, 6.45) is 4.71. The number of amides is 1. The highest BCUT2D eigenvalue weighted by Crippen LogP contribution is 2.55. The zero-order chi connectivity index (χ0) is 41.4. The van der Waals surface area contributed by atoms with Crippen LogP contribution in [0.4, 0.5) is 10.8 Å². The van der Waals surface area contributed by atoms with Crippen LogP contribution >= 0.6 is 11.3 Å². The molecule has 5 rings (SSSR count). The standard InChI is InChI=1S/C41H53N3O11S/c1-11-16-42-40-44-29-26-27-33(48)23(7)36-28(26)38(50)41(9,55-36)53-17-15-25(52-10)20(4)35(54-24(8)45)22(6)32(47)21(5)31(46)18(2)13-12-14-19(3)39(51)43-30(34(27)49)37(29)56-40/h12-15,17-18,20-22,25,31-32,35,46-49H,11,16H2,1-10H3,(H,42,44)(H,43,51)/b13-12+,17-15+,19-14-. The number of methoxy groups -OCH3 is 1. The maximum absolute atomic E-state index is 14.5. The molecule has 0 aliphatic carbocycles. The molecule has 1 amide bonds. The van der Waals surface area contributed by atoms with Crippen molar-refractivity contribution < 1.29 is 53.8 Å². The number of aromatic nitrogens is 1. The molecular weight excluding hydrogens is 743 g/mol. The fraction of sp³-hybridized carbons (Fsp3) is 0.512. The monoisotopic (exact) mass is 795 g/mol. The molecule has 14 nitrogen and oxygen atoms in total. The number of hydrogen-bond acceptors (Lipinski definition) is 14. The molecular formula is C41H53N3O11S. The summed E-state index contributed by atoms with van der Waals surface area (Å²) in [5.41, 5.74) is 0.689. The maximum atomic E-state index is 14.5. The first-order chi connectivity index (χ1) is 26.4. The number of ketones is 1. The van der Waals surface area contributed by atoms with Crippen molar-refractivity contribution in [1.29, 1.82) is 0 Å². The van der Waals surface area contributed by atoms with Gasteiger partial charge in [0.1, 0.15) is 23.3 Å². The summed E-state index contributed by atoms with van der Waals surface area (Å²) in [7, 11) is 1.46. The zero-order valence-electron chi connectivity index (χ0n) is 33.4. The van der Waals surface area contributed by atoms with Crippen LogP contribution in [0.2, 0.25) is 0 Å². The number of ether oxygens (including phenoxy) is 4. The average molecular weight is 796 g/mol. The molecule has 56 heavy (non-hydrogen) atoms. The number of aliphatic hydroxyl groups excluding tert-OH is 2. The SMILES string of the molecule is CCCNc1nc2c(s1)c1c(O)c3c(O)c(C)c4c(c32)C(=O)C(C)(O/C=C/C(OC)C(C)C(OC(C)=O)C(C)C(O)C(C)C(O)C(C)/C=C/C=C(/C)C(=O)N1)O4. The number of nitrogens with one attached hydrogen (secondary N) is 2. The Morgan fingerprint density at radius 2 is 1.73 bits per heavy atom. The number of thiazole rings is 1. The first kappa shape index (κ1) is 42.4. The number of esters is 1. The lowest BCUT2D eigenvalue weighted by Gasteiger charge is -2.38. The van der Waals surface area contributed by atoms with Crippen LogP contribution in [0.5, 0.6) is 17.2 Å². The van der Waals surface area contributed by atoms with E-state index < -0.39 is 77.3 Å². The number of carbonyl (C=O) groups is 3. The van der Waals surface area contributed by atoms with Crippen LogP contribution in [0.25, 0.3) is 21.0 Å². The van der Waals surface area contributed by atoms with Crippen molar-refractivity contribution in [3.8, 4) is 17.2 Å². The molecule has 9 unspecified atom stereocenters. The van der Waals surface area contributed by atoms with E-state index in [1.807, 2.05) is 6.92 Å². The molecule has 15 heteroatoms. The van der Waals surface area contributed by atoms with E-state index in [-0.39, 0.29) is 50.2 Å². The van der Waals surface area contributed by atoms with E-state index in [4.69, 9.17) is 23.9 Å². The normalized spacial score (nSPS) is 31.0. The molecule has 4 bridgehead atoms. The Labute approximate surface area is 330 Å².